The summed E-state index contributed by atoms with van der Waals surface area (Å²) < 4.78 is 35.6. The molecule has 0 spiro atoms. The summed E-state index contributed by atoms with van der Waals surface area (Å²) in [5.74, 6) is 0.678. The highest BCUT2D eigenvalue weighted by Gasteiger charge is 2.25. The molecule has 0 aliphatic carbocycles. The standard InChI is InChI=1S/C13H27F3N2/c1-2-5-12(7-9-17)6-3-10-18-11-4-8-13(14,15)16/h12,18H,2-11,17H2,1H3. The van der Waals surface area contributed by atoms with E-state index in [-0.39, 0.29) is 6.42 Å². The smallest absolute Gasteiger partial charge is 0.330 e. The van der Waals surface area contributed by atoms with Crippen molar-refractivity contribution in [3.05, 3.63) is 0 Å². The summed E-state index contributed by atoms with van der Waals surface area (Å²) in [5, 5.41) is 3.07. The summed E-state index contributed by atoms with van der Waals surface area (Å²) in [6, 6.07) is 0. The van der Waals surface area contributed by atoms with Gasteiger partial charge in [-0.25, -0.2) is 0 Å². The molecule has 0 heterocycles. The lowest BCUT2D eigenvalue weighted by molar-refractivity contribution is -0.135. The van der Waals surface area contributed by atoms with Crippen LogP contribution in [0.2, 0.25) is 0 Å². The van der Waals surface area contributed by atoms with E-state index < -0.39 is 12.6 Å². The second kappa shape index (κ2) is 10.6. The van der Waals surface area contributed by atoms with E-state index in [1.807, 2.05) is 0 Å². The lowest BCUT2D eigenvalue weighted by atomic mass is 9.94. The maximum absolute atomic E-state index is 11.9. The molecule has 1 unspecified atom stereocenters. The van der Waals surface area contributed by atoms with E-state index in [9.17, 15) is 13.2 Å². The van der Waals surface area contributed by atoms with Gasteiger partial charge in [-0.1, -0.05) is 19.8 Å². The zero-order valence-corrected chi connectivity index (χ0v) is 11.4. The maximum atomic E-state index is 11.9. The summed E-state index contributed by atoms with van der Waals surface area (Å²) >= 11 is 0. The number of nitrogens with two attached hydrogens (primary N) is 1. The molecule has 18 heavy (non-hydrogen) atoms. The third-order valence-corrected chi connectivity index (χ3v) is 3.05. The summed E-state index contributed by atoms with van der Waals surface area (Å²) in [6.45, 7) is 4.15. The first-order valence-electron chi connectivity index (χ1n) is 6.97. The molecule has 3 N–H and O–H groups in total. The summed E-state index contributed by atoms with van der Waals surface area (Å²) in [4.78, 5) is 0. The van der Waals surface area contributed by atoms with Gasteiger partial charge in [0.05, 0.1) is 0 Å². The van der Waals surface area contributed by atoms with Crippen LogP contribution in [0, 0.1) is 5.92 Å². The number of hydrogen-bond acceptors (Lipinski definition) is 2. The highest BCUT2D eigenvalue weighted by molar-refractivity contribution is 4.61. The van der Waals surface area contributed by atoms with Gasteiger partial charge in [-0.15, -0.1) is 0 Å². The Kier molecular flexibility index (Phi) is 10.4. The van der Waals surface area contributed by atoms with E-state index in [4.69, 9.17) is 5.73 Å². The fourth-order valence-corrected chi connectivity index (χ4v) is 2.13. The van der Waals surface area contributed by atoms with Crippen LogP contribution < -0.4 is 11.1 Å². The lowest BCUT2D eigenvalue weighted by Gasteiger charge is -2.15. The Labute approximate surface area is 109 Å². The Hall–Kier alpha value is -0.290. The van der Waals surface area contributed by atoms with E-state index in [0.29, 0.717) is 12.5 Å². The summed E-state index contributed by atoms with van der Waals surface area (Å²) in [7, 11) is 0. The third kappa shape index (κ3) is 12.2. The number of rotatable bonds is 11. The van der Waals surface area contributed by atoms with Gasteiger partial charge in [-0.2, -0.15) is 13.2 Å². The van der Waals surface area contributed by atoms with E-state index in [2.05, 4.69) is 12.2 Å². The molecule has 0 aliphatic rings. The van der Waals surface area contributed by atoms with Crippen molar-refractivity contribution in [2.75, 3.05) is 19.6 Å². The van der Waals surface area contributed by atoms with Crippen LogP contribution in [0.15, 0.2) is 0 Å². The molecule has 0 saturated heterocycles. The molecular formula is C13H27F3N2. The van der Waals surface area contributed by atoms with Crippen molar-refractivity contribution in [2.45, 2.75) is 58.0 Å². The van der Waals surface area contributed by atoms with E-state index in [0.717, 1.165) is 32.4 Å². The summed E-state index contributed by atoms with van der Waals surface area (Å²) in [5.41, 5.74) is 5.55. The van der Waals surface area contributed by atoms with Crippen LogP contribution >= 0.6 is 0 Å². The average Bonchev–Trinajstić information content (AvgIpc) is 2.26. The number of halogens is 3. The van der Waals surface area contributed by atoms with Crippen molar-refractivity contribution in [3.63, 3.8) is 0 Å². The molecule has 0 amide bonds. The monoisotopic (exact) mass is 268 g/mol. The van der Waals surface area contributed by atoms with E-state index >= 15 is 0 Å². The van der Waals surface area contributed by atoms with Gasteiger partial charge in [0.1, 0.15) is 0 Å². The van der Waals surface area contributed by atoms with Crippen LogP contribution in [0.3, 0.4) is 0 Å². The second-order valence-corrected chi connectivity index (χ2v) is 4.84. The van der Waals surface area contributed by atoms with Gasteiger partial charge in [0.15, 0.2) is 0 Å². The van der Waals surface area contributed by atoms with Gasteiger partial charge in [-0.05, 0) is 51.2 Å². The summed E-state index contributed by atoms with van der Waals surface area (Å²) in [6.07, 6.45) is 1.04. The molecule has 0 radical (unpaired) electrons. The van der Waals surface area contributed by atoms with E-state index in [1.54, 1.807) is 0 Å². The Bertz CT molecular complexity index is 178. The first-order valence-corrected chi connectivity index (χ1v) is 6.97. The molecule has 0 bridgehead atoms. The average molecular weight is 268 g/mol. The van der Waals surface area contributed by atoms with Gasteiger partial charge < -0.3 is 11.1 Å². The zero-order chi connectivity index (χ0) is 13.9. The molecule has 0 aromatic heterocycles. The van der Waals surface area contributed by atoms with Crippen molar-refractivity contribution in [3.8, 4) is 0 Å². The lowest BCUT2D eigenvalue weighted by Crippen LogP contribution is -2.20. The molecule has 0 aliphatic heterocycles. The maximum Gasteiger partial charge on any atom is 0.389 e. The minimum atomic E-state index is -4.02. The van der Waals surface area contributed by atoms with Crippen LogP contribution in [0.1, 0.15) is 51.9 Å². The van der Waals surface area contributed by atoms with Gasteiger partial charge in [0, 0.05) is 6.42 Å². The highest BCUT2D eigenvalue weighted by atomic mass is 19.4. The minimum absolute atomic E-state index is 0.171. The third-order valence-electron chi connectivity index (χ3n) is 3.05. The van der Waals surface area contributed by atoms with Crippen LogP contribution in [0.5, 0.6) is 0 Å². The Morgan fingerprint density at radius 3 is 2.28 bits per heavy atom. The molecule has 0 saturated carbocycles. The zero-order valence-electron chi connectivity index (χ0n) is 11.4. The molecule has 5 heteroatoms. The Balaban J connectivity index is 3.37. The predicted octanol–water partition coefficient (Wildman–Crippen LogP) is 3.46. The molecule has 110 valence electrons. The number of alkyl halides is 3. The predicted molar refractivity (Wildman–Crippen MR) is 69.5 cm³/mol. The second-order valence-electron chi connectivity index (χ2n) is 4.84. The quantitative estimate of drug-likeness (QED) is 0.563. The Morgan fingerprint density at radius 1 is 1.06 bits per heavy atom. The van der Waals surface area contributed by atoms with E-state index in [1.165, 1.54) is 12.8 Å². The van der Waals surface area contributed by atoms with Crippen LogP contribution in [-0.4, -0.2) is 25.8 Å². The molecule has 1 atom stereocenters. The molecule has 0 aromatic carbocycles. The Morgan fingerprint density at radius 2 is 1.72 bits per heavy atom. The normalized spacial score (nSPS) is 13.8. The van der Waals surface area contributed by atoms with Gasteiger partial charge in [-0.3, -0.25) is 0 Å². The minimum Gasteiger partial charge on any atom is -0.330 e. The van der Waals surface area contributed by atoms with Gasteiger partial charge in [0.2, 0.25) is 0 Å². The van der Waals surface area contributed by atoms with Crippen molar-refractivity contribution in [1.29, 1.82) is 0 Å². The number of hydrogen-bond donors (Lipinski definition) is 2. The van der Waals surface area contributed by atoms with Crippen LogP contribution in [0.4, 0.5) is 13.2 Å². The van der Waals surface area contributed by atoms with Crippen LogP contribution in [0.25, 0.3) is 0 Å². The molecule has 0 fully saturated rings. The van der Waals surface area contributed by atoms with Crippen LogP contribution in [-0.2, 0) is 0 Å². The topological polar surface area (TPSA) is 38.0 Å². The fraction of sp³-hybridized carbons (Fsp3) is 1.00. The largest absolute Gasteiger partial charge is 0.389 e. The van der Waals surface area contributed by atoms with Crippen molar-refractivity contribution < 1.29 is 13.2 Å². The van der Waals surface area contributed by atoms with Crippen molar-refractivity contribution >= 4 is 0 Å². The number of nitrogens with one attached hydrogen (secondary N) is 1. The fourth-order valence-electron chi connectivity index (χ4n) is 2.13. The van der Waals surface area contributed by atoms with Crippen molar-refractivity contribution in [1.82, 2.24) is 5.32 Å². The SMILES string of the molecule is CCCC(CCN)CCCNCCCC(F)(F)F. The molecule has 2 nitrogen and oxygen atoms in total. The molecule has 0 aromatic rings. The molecular weight excluding hydrogens is 241 g/mol. The highest BCUT2D eigenvalue weighted by Crippen LogP contribution is 2.20. The van der Waals surface area contributed by atoms with Gasteiger partial charge >= 0.3 is 6.18 Å². The molecule has 0 rings (SSSR count). The van der Waals surface area contributed by atoms with Crippen molar-refractivity contribution in [2.24, 2.45) is 11.7 Å². The van der Waals surface area contributed by atoms with Gasteiger partial charge in [0.25, 0.3) is 0 Å². The first kappa shape index (κ1) is 17.7. The first-order chi connectivity index (χ1) is 8.49.